The summed E-state index contributed by atoms with van der Waals surface area (Å²) in [5, 5.41) is 0. The first kappa shape index (κ1) is 40.5. The summed E-state index contributed by atoms with van der Waals surface area (Å²) in [6.45, 7) is 35.6. The molecule has 0 fully saturated rings. The van der Waals surface area contributed by atoms with Gasteiger partial charge in [-0.3, -0.25) is 0 Å². The van der Waals surface area contributed by atoms with Gasteiger partial charge in [-0.15, -0.1) is 0 Å². The maximum absolute atomic E-state index is 2.66. The molecule has 6 aromatic carbocycles. The van der Waals surface area contributed by atoms with Gasteiger partial charge in [0.05, 0.1) is 0 Å². The van der Waals surface area contributed by atoms with Gasteiger partial charge in [0.25, 0.3) is 0 Å². The molecule has 0 saturated heterocycles. The van der Waals surface area contributed by atoms with E-state index in [0.717, 1.165) is 0 Å². The topological polar surface area (TPSA) is 0 Å². The average molecular weight is 764 g/mol. The normalized spacial score (nSPS) is 12.4. The van der Waals surface area contributed by atoms with Crippen molar-refractivity contribution in [3.63, 3.8) is 0 Å². The molecule has 0 atom stereocenters. The Hall–Kier alpha value is -4.15. The Morgan fingerprint density at radius 2 is 0.400 bits per heavy atom. The molecule has 0 unspecified atom stereocenters. The van der Waals surface area contributed by atoms with Gasteiger partial charge < -0.3 is 0 Å². The Labute approximate surface area is 338 Å². The quantitative estimate of drug-likeness (QED) is 0.138. The van der Waals surface area contributed by atoms with Crippen molar-refractivity contribution < 1.29 is 14.1 Å². The molecule has 0 aliphatic heterocycles. The van der Waals surface area contributed by atoms with Crippen LogP contribution in [0.5, 0.6) is 0 Å². The van der Waals surface area contributed by atoms with Gasteiger partial charge in [0, 0.05) is 0 Å². The summed E-state index contributed by atoms with van der Waals surface area (Å²) in [5.41, 5.74) is 24.7. The Kier molecular flexibility index (Phi) is 11.1. The van der Waals surface area contributed by atoms with Crippen molar-refractivity contribution in [2.24, 2.45) is 0 Å². The molecule has 6 rings (SSSR count). The van der Waals surface area contributed by atoms with Crippen LogP contribution in [0, 0.1) is 83.1 Å². The number of benzene rings is 6. The van der Waals surface area contributed by atoms with Gasteiger partial charge in [-0.1, -0.05) is 0 Å². The van der Waals surface area contributed by atoms with E-state index in [1.165, 1.54) is 100 Å². The first-order valence-electron chi connectivity index (χ1n) is 20.0. The van der Waals surface area contributed by atoms with Gasteiger partial charge in [0.15, 0.2) is 0 Å². The van der Waals surface area contributed by atoms with E-state index in [0.29, 0.717) is 0 Å². The monoisotopic (exact) mass is 763 g/mol. The Morgan fingerprint density at radius 1 is 0.255 bits per heavy atom. The summed E-state index contributed by atoms with van der Waals surface area (Å²) < 4.78 is -1.12. The van der Waals surface area contributed by atoms with Crippen LogP contribution in [-0.2, 0) is 27.0 Å². The molecule has 0 heterocycles. The molecule has 0 radical (unpaired) electrons. The van der Waals surface area contributed by atoms with Crippen molar-refractivity contribution in [3.05, 3.63) is 209 Å². The Bertz CT molecular complexity index is 1980. The van der Waals surface area contributed by atoms with Gasteiger partial charge in [-0.2, -0.15) is 0 Å². The zero-order chi connectivity index (χ0) is 40.2. The van der Waals surface area contributed by atoms with E-state index in [4.69, 9.17) is 0 Å². The van der Waals surface area contributed by atoms with Gasteiger partial charge in [0.2, 0.25) is 0 Å². The van der Waals surface area contributed by atoms with Crippen molar-refractivity contribution in [1.82, 2.24) is 0 Å². The summed E-state index contributed by atoms with van der Waals surface area (Å²) in [7, 11) is 0. The van der Waals surface area contributed by atoms with Gasteiger partial charge in [-0.25, -0.2) is 0 Å². The number of rotatable bonds is 9. The number of hydrogen-bond donors (Lipinski definition) is 0. The Balaban J connectivity index is 1.99. The third-order valence-electron chi connectivity index (χ3n) is 12.6. The van der Waals surface area contributed by atoms with Crippen LogP contribution in [0.4, 0.5) is 0 Å². The molecular formula is C54H63Cr. The molecule has 0 amide bonds. The Morgan fingerprint density at radius 3 is 0.527 bits per heavy atom. The molecule has 0 spiro atoms. The SMILES string of the molecule is Cc1ccc([C](C)(c2ccc(C)cc2C)[Cr]([C](C)(c2ccc(C)cc2C)c2ccc(C)cc2C)[C](C)(c2ccc(C)cc2C)c2ccc(C)cc2C)c(C)c1. The van der Waals surface area contributed by atoms with E-state index in [1.807, 2.05) is 0 Å². The fraction of sp³-hybridized carbons (Fsp3) is 0.333. The van der Waals surface area contributed by atoms with Crippen LogP contribution in [0.2, 0.25) is 0 Å². The second kappa shape index (κ2) is 15.1. The van der Waals surface area contributed by atoms with Crippen molar-refractivity contribution >= 4 is 0 Å². The second-order valence-electron chi connectivity index (χ2n) is 17.3. The molecule has 6 aromatic rings. The summed E-state index contributed by atoms with van der Waals surface area (Å²) in [6.07, 6.45) is 0. The molecule has 0 N–H and O–H groups in total. The van der Waals surface area contributed by atoms with E-state index >= 15 is 0 Å². The minimum absolute atomic E-state index is 0.373. The summed E-state index contributed by atoms with van der Waals surface area (Å²) in [6, 6.07) is 43.7. The minimum atomic E-state index is -2.30. The van der Waals surface area contributed by atoms with E-state index in [-0.39, 0.29) is 12.8 Å². The molecule has 0 aromatic heterocycles. The van der Waals surface area contributed by atoms with Crippen molar-refractivity contribution in [1.29, 1.82) is 0 Å². The number of hydrogen-bond acceptors (Lipinski definition) is 0. The second-order valence-corrected chi connectivity index (χ2v) is 22.1. The third-order valence-corrected chi connectivity index (χ3v) is 18.5. The number of aryl methyl sites for hydroxylation is 12. The van der Waals surface area contributed by atoms with Gasteiger partial charge in [0.1, 0.15) is 0 Å². The van der Waals surface area contributed by atoms with Crippen molar-refractivity contribution in [2.45, 2.75) is 117 Å². The zero-order valence-corrected chi connectivity index (χ0v) is 37.6. The molecule has 0 nitrogen and oxygen atoms in total. The van der Waals surface area contributed by atoms with E-state index in [2.05, 4.69) is 213 Å². The van der Waals surface area contributed by atoms with Crippen LogP contribution in [0.15, 0.2) is 109 Å². The summed E-state index contributed by atoms with van der Waals surface area (Å²) in [4.78, 5) is 0. The third kappa shape index (κ3) is 6.98. The van der Waals surface area contributed by atoms with Crippen LogP contribution in [0.1, 0.15) is 121 Å². The molecule has 0 aliphatic rings. The first-order valence-corrected chi connectivity index (χ1v) is 22.0. The van der Waals surface area contributed by atoms with Gasteiger partial charge in [-0.05, 0) is 0 Å². The van der Waals surface area contributed by atoms with Crippen LogP contribution in [0.3, 0.4) is 0 Å². The standard InChI is InChI=1S/3C18H21.Cr/c3*1-12-6-8-17(14(3)10-12)16(5)18-9-7-13(2)11-15(18)4;/h3*6-11H,1-5H3;. The molecule has 285 valence electrons. The van der Waals surface area contributed by atoms with Gasteiger partial charge >= 0.3 is 340 Å². The van der Waals surface area contributed by atoms with E-state index in [1.54, 1.807) is 0 Å². The maximum atomic E-state index is 2.66. The molecule has 0 bridgehead atoms. The van der Waals surface area contributed by atoms with E-state index in [9.17, 15) is 0 Å². The van der Waals surface area contributed by atoms with Crippen LogP contribution < -0.4 is 0 Å². The predicted octanol–water partition coefficient (Wildman–Crippen LogP) is 14.2. The molecular weight excluding hydrogens is 701 g/mol. The van der Waals surface area contributed by atoms with Crippen molar-refractivity contribution in [3.8, 4) is 0 Å². The van der Waals surface area contributed by atoms with E-state index < -0.39 is 14.1 Å². The fourth-order valence-electron chi connectivity index (χ4n) is 10.4. The van der Waals surface area contributed by atoms with Crippen LogP contribution in [-0.4, -0.2) is 0 Å². The molecule has 0 saturated carbocycles. The fourth-order valence-corrected chi connectivity index (χ4v) is 18.4. The van der Waals surface area contributed by atoms with Crippen molar-refractivity contribution in [2.75, 3.05) is 0 Å². The summed E-state index contributed by atoms with van der Waals surface area (Å²) in [5.74, 6) is 0. The van der Waals surface area contributed by atoms with Crippen LogP contribution in [0.25, 0.3) is 0 Å². The summed E-state index contributed by atoms with van der Waals surface area (Å²) >= 11 is -2.30. The predicted molar refractivity (Wildman–Crippen MR) is 235 cm³/mol. The molecule has 1 heteroatoms. The van der Waals surface area contributed by atoms with Crippen LogP contribution >= 0.6 is 0 Å². The average Bonchev–Trinajstić information content (AvgIpc) is 3.07. The zero-order valence-electron chi connectivity index (χ0n) is 36.3. The first-order chi connectivity index (χ1) is 25.8. The molecule has 55 heavy (non-hydrogen) atoms. The molecule has 0 aliphatic carbocycles.